The summed E-state index contributed by atoms with van der Waals surface area (Å²) >= 11 is 0. The molecule has 0 saturated heterocycles. The lowest BCUT2D eigenvalue weighted by molar-refractivity contribution is -0.143. The Kier molecular flexibility index (Phi) is 7.90. The molecule has 0 fully saturated rings. The number of hydrogen-bond acceptors (Lipinski definition) is 7. The molecule has 4 aromatic rings. The zero-order valence-corrected chi connectivity index (χ0v) is 22.2. The van der Waals surface area contributed by atoms with E-state index in [1.54, 1.807) is 43.5 Å². The van der Waals surface area contributed by atoms with Gasteiger partial charge in [-0.3, -0.25) is 9.59 Å². The molecule has 0 bridgehead atoms. The number of amides is 2. The highest BCUT2D eigenvalue weighted by molar-refractivity contribution is 5.89. The zero-order valence-electron chi connectivity index (χ0n) is 22.2. The number of furan rings is 1. The number of rotatable bonds is 9. The Morgan fingerprint density at radius 1 is 1.05 bits per heavy atom. The second kappa shape index (κ2) is 11.3. The minimum atomic E-state index is -0.913. The standard InChI is InChI=1S/C28H32N6O4/c1-19-11-16-23(38-19)26-30-32-34(31-26)18-24(35)33(17-20-9-7-6-8-10-20)25(27(36)29-28(2,3)4)21-12-14-22(37-5)15-13-21/h6-16,25H,17-18H2,1-5H3,(H,29,36). The van der Waals surface area contributed by atoms with Gasteiger partial charge in [-0.1, -0.05) is 42.5 Å². The Labute approximate surface area is 221 Å². The molecule has 0 radical (unpaired) electrons. The highest BCUT2D eigenvalue weighted by atomic mass is 16.5. The highest BCUT2D eigenvalue weighted by Gasteiger charge is 2.34. The van der Waals surface area contributed by atoms with Crippen molar-refractivity contribution in [3.8, 4) is 17.3 Å². The number of aromatic nitrogens is 4. The van der Waals surface area contributed by atoms with Crippen LogP contribution >= 0.6 is 0 Å². The number of benzene rings is 2. The van der Waals surface area contributed by atoms with Crippen LogP contribution in [0.2, 0.25) is 0 Å². The first-order chi connectivity index (χ1) is 18.1. The zero-order chi connectivity index (χ0) is 27.3. The van der Waals surface area contributed by atoms with Crippen LogP contribution in [0.4, 0.5) is 0 Å². The summed E-state index contributed by atoms with van der Waals surface area (Å²) in [6.07, 6.45) is 0. The second-order valence-electron chi connectivity index (χ2n) is 9.98. The molecule has 1 atom stereocenters. The van der Waals surface area contributed by atoms with Crippen LogP contribution in [0.3, 0.4) is 0 Å². The van der Waals surface area contributed by atoms with Crippen molar-refractivity contribution in [2.75, 3.05) is 7.11 Å². The number of nitrogens with zero attached hydrogens (tertiary/aromatic N) is 5. The molecule has 198 valence electrons. The first-order valence-corrected chi connectivity index (χ1v) is 12.3. The van der Waals surface area contributed by atoms with E-state index in [2.05, 4.69) is 20.7 Å². The molecule has 1 N–H and O–H groups in total. The summed E-state index contributed by atoms with van der Waals surface area (Å²) in [6.45, 7) is 7.51. The van der Waals surface area contributed by atoms with Crippen molar-refractivity contribution >= 4 is 11.8 Å². The topological polar surface area (TPSA) is 115 Å². The molecule has 2 heterocycles. The predicted octanol–water partition coefficient (Wildman–Crippen LogP) is 3.93. The predicted molar refractivity (Wildman–Crippen MR) is 141 cm³/mol. The van der Waals surface area contributed by atoms with E-state index in [1.807, 2.05) is 58.0 Å². The summed E-state index contributed by atoms with van der Waals surface area (Å²) in [4.78, 5) is 30.3. The van der Waals surface area contributed by atoms with Crippen LogP contribution in [0.25, 0.3) is 11.6 Å². The van der Waals surface area contributed by atoms with E-state index in [4.69, 9.17) is 9.15 Å². The molecule has 2 amide bonds. The van der Waals surface area contributed by atoms with Crippen LogP contribution in [0, 0.1) is 6.92 Å². The number of tetrazole rings is 1. The molecule has 10 nitrogen and oxygen atoms in total. The summed E-state index contributed by atoms with van der Waals surface area (Å²) in [5.41, 5.74) is 1.02. The molecule has 38 heavy (non-hydrogen) atoms. The maximum atomic E-state index is 13.8. The molecule has 0 saturated carbocycles. The monoisotopic (exact) mass is 516 g/mol. The van der Waals surface area contributed by atoms with Crippen LogP contribution in [-0.2, 0) is 22.7 Å². The van der Waals surface area contributed by atoms with Gasteiger partial charge >= 0.3 is 0 Å². The lowest BCUT2D eigenvalue weighted by Crippen LogP contribution is -2.49. The van der Waals surface area contributed by atoms with Crippen molar-refractivity contribution in [2.24, 2.45) is 0 Å². The van der Waals surface area contributed by atoms with Gasteiger partial charge in [-0.25, -0.2) is 0 Å². The molecule has 0 spiro atoms. The molecule has 4 rings (SSSR count). The van der Waals surface area contributed by atoms with E-state index < -0.39 is 11.6 Å². The minimum Gasteiger partial charge on any atom is -0.497 e. The van der Waals surface area contributed by atoms with Gasteiger partial charge in [-0.15, -0.1) is 10.2 Å². The number of ether oxygens (including phenoxy) is 1. The quantitative estimate of drug-likeness (QED) is 0.358. The Bertz CT molecular complexity index is 1370. The number of hydrogen-bond donors (Lipinski definition) is 1. The van der Waals surface area contributed by atoms with Crippen molar-refractivity contribution in [2.45, 2.75) is 52.4 Å². The Hall–Kier alpha value is -4.47. The van der Waals surface area contributed by atoms with Gasteiger partial charge in [-0.05, 0) is 68.3 Å². The molecule has 2 aromatic carbocycles. The molecule has 0 aliphatic rings. The van der Waals surface area contributed by atoms with E-state index in [0.29, 0.717) is 22.8 Å². The van der Waals surface area contributed by atoms with Crippen LogP contribution in [0.5, 0.6) is 5.75 Å². The molecular formula is C28H32N6O4. The Balaban J connectivity index is 1.69. The van der Waals surface area contributed by atoms with Crippen molar-refractivity contribution in [3.63, 3.8) is 0 Å². The largest absolute Gasteiger partial charge is 0.497 e. The molecular weight excluding hydrogens is 484 g/mol. The van der Waals surface area contributed by atoms with Gasteiger partial charge in [0.15, 0.2) is 5.76 Å². The SMILES string of the molecule is COc1ccc(C(C(=O)NC(C)(C)C)N(Cc2ccccc2)C(=O)Cn2nnc(-c3ccc(C)o3)n2)cc1. The van der Waals surface area contributed by atoms with Gasteiger partial charge in [0.1, 0.15) is 24.1 Å². The third-order valence-corrected chi connectivity index (χ3v) is 5.70. The number of carbonyl (C=O) groups is 2. The van der Waals surface area contributed by atoms with Crippen LogP contribution in [-0.4, -0.2) is 49.6 Å². The van der Waals surface area contributed by atoms with Crippen molar-refractivity contribution in [3.05, 3.63) is 83.6 Å². The van der Waals surface area contributed by atoms with E-state index in [1.165, 1.54) is 9.70 Å². The summed E-state index contributed by atoms with van der Waals surface area (Å²) < 4.78 is 10.9. The fraction of sp³-hybridized carbons (Fsp3) is 0.321. The van der Waals surface area contributed by atoms with Crippen LogP contribution in [0.1, 0.15) is 43.7 Å². The van der Waals surface area contributed by atoms with Crippen molar-refractivity contribution in [1.29, 1.82) is 0 Å². The van der Waals surface area contributed by atoms with Gasteiger partial charge in [0.2, 0.25) is 17.6 Å². The summed E-state index contributed by atoms with van der Waals surface area (Å²) in [5, 5.41) is 15.4. The van der Waals surface area contributed by atoms with E-state index in [9.17, 15) is 9.59 Å². The number of methoxy groups -OCH3 is 1. The van der Waals surface area contributed by atoms with Gasteiger partial charge in [-0.2, -0.15) is 4.80 Å². The number of aryl methyl sites for hydroxylation is 1. The Morgan fingerprint density at radius 3 is 2.37 bits per heavy atom. The van der Waals surface area contributed by atoms with Crippen molar-refractivity contribution < 1.29 is 18.7 Å². The Morgan fingerprint density at radius 2 is 1.76 bits per heavy atom. The van der Waals surface area contributed by atoms with E-state index >= 15 is 0 Å². The van der Waals surface area contributed by atoms with Crippen LogP contribution in [0.15, 0.2) is 71.1 Å². The lowest BCUT2D eigenvalue weighted by atomic mass is 10.0. The smallest absolute Gasteiger partial charge is 0.247 e. The summed E-state index contributed by atoms with van der Waals surface area (Å²) in [6, 6.07) is 19.3. The molecule has 10 heteroatoms. The molecule has 2 aromatic heterocycles. The fourth-order valence-corrected chi connectivity index (χ4v) is 3.98. The molecule has 1 unspecified atom stereocenters. The number of carbonyl (C=O) groups excluding carboxylic acids is 2. The van der Waals surface area contributed by atoms with Gasteiger partial charge in [0, 0.05) is 12.1 Å². The van der Waals surface area contributed by atoms with Gasteiger partial charge < -0.3 is 19.4 Å². The summed E-state index contributed by atoms with van der Waals surface area (Å²) in [5.74, 6) is 1.45. The second-order valence-corrected chi connectivity index (χ2v) is 9.98. The van der Waals surface area contributed by atoms with Gasteiger partial charge in [0.05, 0.1) is 7.11 Å². The first-order valence-electron chi connectivity index (χ1n) is 12.3. The van der Waals surface area contributed by atoms with Gasteiger partial charge in [0.25, 0.3) is 0 Å². The van der Waals surface area contributed by atoms with Crippen LogP contribution < -0.4 is 10.1 Å². The third-order valence-electron chi connectivity index (χ3n) is 5.70. The van der Waals surface area contributed by atoms with Crippen molar-refractivity contribution in [1.82, 2.24) is 30.4 Å². The first kappa shape index (κ1) is 26.6. The lowest BCUT2D eigenvalue weighted by Gasteiger charge is -2.33. The normalized spacial score (nSPS) is 12.1. The van der Waals surface area contributed by atoms with E-state index in [0.717, 1.165) is 5.56 Å². The minimum absolute atomic E-state index is 0.201. The molecule has 0 aliphatic carbocycles. The fourth-order valence-electron chi connectivity index (χ4n) is 3.98. The average molecular weight is 517 g/mol. The third kappa shape index (κ3) is 6.64. The average Bonchev–Trinajstić information content (AvgIpc) is 3.52. The number of nitrogens with one attached hydrogen (secondary N) is 1. The summed E-state index contributed by atoms with van der Waals surface area (Å²) in [7, 11) is 1.58. The molecule has 0 aliphatic heterocycles. The van der Waals surface area contributed by atoms with E-state index in [-0.39, 0.29) is 30.7 Å². The maximum absolute atomic E-state index is 13.8. The maximum Gasteiger partial charge on any atom is 0.247 e. The highest BCUT2D eigenvalue weighted by Crippen LogP contribution is 2.27.